The molecule has 0 saturated carbocycles. The maximum Gasteiger partial charge on any atom is 0.146 e. The van der Waals surface area contributed by atoms with E-state index in [1.54, 1.807) is 56.1 Å². The number of benzene rings is 2. The standard InChI is InChI=1S/C17H19F2NO/c1-11(13-7-4-5-9-15(13)18)20(3)17-14(12(2)21)8-6-10-16(17)19/h4-12,21H,1-3H3/t11?,12-/m0/s1. The van der Waals surface area contributed by atoms with Gasteiger partial charge in [0.25, 0.3) is 0 Å². The molecule has 0 radical (unpaired) electrons. The third-order valence-corrected chi connectivity index (χ3v) is 3.76. The van der Waals surface area contributed by atoms with E-state index in [2.05, 4.69) is 0 Å². The van der Waals surface area contributed by atoms with Crippen molar-refractivity contribution in [3.63, 3.8) is 0 Å². The van der Waals surface area contributed by atoms with E-state index in [0.717, 1.165) is 0 Å². The Hall–Kier alpha value is -1.94. The SMILES string of the molecule is CC(c1ccccc1F)N(C)c1c(F)cccc1[C@H](C)O. The molecule has 112 valence electrons. The second-order valence-corrected chi connectivity index (χ2v) is 5.16. The lowest BCUT2D eigenvalue weighted by molar-refractivity contribution is 0.199. The van der Waals surface area contributed by atoms with E-state index in [9.17, 15) is 13.9 Å². The Balaban J connectivity index is 2.45. The van der Waals surface area contributed by atoms with Crippen molar-refractivity contribution in [2.75, 3.05) is 11.9 Å². The zero-order valence-electron chi connectivity index (χ0n) is 12.3. The minimum atomic E-state index is -0.800. The molecule has 2 rings (SSSR count). The van der Waals surface area contributed by atoms with Crippen molar-refractivity contribution in [3.05, 3.63) is 65.2 Å². The molecule has 0 bridgehead atoms. The molecule has 0 aromatic heterocycles. The van der Waals surface area contributed by atoms with Gasteiger partial charge in [-0.2, -0.15) is 0 Å². The quantitative estimate of drug-likeness (QED) is 0.912. The molecule has 2 atom stereocenters. The molecule has 1 unspecified atom stereocenters. The number of halogens is 2. The van der Waals surface area contributed by atoms with Crippen LogP contribution in [-0.4, -0.2) is 12.2 Å². The average Bonchev–Trinajstić information content (AvgIpc) is 2.46. The molecule has 0 amide bonds. The second kappa shape index (κ2) is 6.22. The van der Waals surface area contributed by atoms with E-state index >= 15 is 0 Å². The van der Waals surface area contributed by atoms with Crippen LogP contribution in [-0.2, 0) is 0 Å². The van der Waals surface area contributed by atoms with Crippen LogP contribution in [0.1, 0.15) is 37.1 Å². The Morgan fingerprint density at radius 1 is 0.905 bits per heavy atom. The van der Waals surface area contributed by atoms with Crippen molar-refractivity contribution >= 4 is 5.69 Å². The highest BCUT2D eigenvalue weighted by Crippen LogP contribution is 2.34. The maximum atomic E-state index is 14.2. The maximum absolute atomic E-state index is 14.2. The summed E-state index contributed by atoms with van der Waals surface area (Å²) in [7, 11) is 1.70. The minimum absolute atomic E-state index is 0.295. The van der Waals surface area contributed by atoms with Crippen LogP contribution < -0.4 is 4.90 Å². The van der Waals surface area contributed by atoms with Crippen molar-refractivity contribution in [2.45, 2.75) is 26.0 Å². The first-order valence-electron chi connectivity index (χ1n) is 6.87. The zero-order valence-corrected chi connectivity index (χ0v) is 12.3. The zero-order chi connectivity index (χ0) is 15.6. The fraction of sp³-hybridized carbons (Fsp3) is 0.294. The molecule has 21 heavy (non-hydrogen) atoms. The molecule has 0 heterocycles. The summed E-state index contributed by atoms with van der Waals surface area (Å²) >= 11 is 0. The van der Waals surface area contributed by atoms with Gasteiger partial charge in [0.15, 0.2) is 0 Å². The Morgan fingerprint density at radius 2 is 1.48 bits per heavy atom. The average molecular weight is 291 g/mol. The predicted octanol–water partition coefficient (Wildman–Crippen LogP) is 4.22. The number of hydrogen-bond donors (Lipinski definition) is 1. The van der Waals surface area contributed by atoms with Crippen LogP contribution in [0.25, 0.3) is 0 Å². The summed E-state index contributed by atoms with van der Waals surface area (Å²) in [6.45, 7) is 3.39. The first kappa shape index (κ1) is 15.4. The van der Waals surface area contributed by atoms with Gasteiger partial charge in [-0.25, -0.2) is 8.78 Å². The summed E-state index contributed by atoms with van der Waals surface area (Å²) in [5.74, 6) is -0.758. The number of aliphatic hydroxyl groups excluding tert-OH is 1. The van der Waals surface area contributed by atoms with Gasteiger partial charge in [0, 0.05) is 18.2 Å². The van der Waals surface area contributed by atoms with E-state index < -0.39 is 11.9 Å². The first-order valence-corrected chi connectivity index (χ1v) is 6.87. The highest BCUT2D eigenvalue weighted by Gasteiger charge is 2.22. The number of rotatable bonds is 4. The van der Waals surface area contributed by atoms with Gasteiger partial charge in [0.1, 0.15) is 11.6 Å². The summed E-state index contributed by atoms with van der Waals surface area (Å²) in [5, 5.41) is 9.82. The van der Waals surface area contributed by atoms with Crippen LogP contribution in [0.15, 0.2) is 42.5 Å². The summed E-state index contributed by atoms with van der Waals surface area (Å²) in [5.41, 5.74) is 1.27. The largest absolute Gasteiger partial charge is 0.389 e. The second-order valence-electron chi connectivity index (χ2n) is 5.16. The van der Waals surface area contributed by atoms with Crippen LogP contribution in [0.2, 0.25) is 0 Å². The normalized spacial score (nSPS) is 13.8. The van der Waals surface area contributed by atoms with Gasteiger partial charge < -0.3 is 10.0 Å². The predicted molar refractivity (Wildman–Crippen MR) is 80.3 cm³/mol. The third-order valence-electron chi connectivity index (χ3n) is 3.76. The lowest BCUT2D eigenvalue weighted by Crippen LogP contribution is -2.25. The van der Waals surface area contributed by atoms with E-state index in [4.69, 9.17) is 0 Å². The third kappa shape index (κ3) is 3.05. The molecule has 1 N–H and O–H groups in total. The summed E-state index contributed by atoms with van der Waals surface area (Å²) in [6, 6.07) is 10.6. The monoisotopic (exact) mass is 291 g/mol. The molecule has 0 fully saturated rings. The van der Waals surface area contributed by atoms with E-state index in [0.29, 0.717) is 16.8 Å². The van der Waals surface area contributed by atoms with Crippen molar-refractivity contribution in [1.82, 2.24) is 0 Å². The summed E-state index contributed by atoms with van der Waals surface area (Å²) in [4.78, 5) is 1.65. The van der Waals surface area contributed by atoms with Gasteiger partial charge in [-0.05, 0) is 26.0 Å². The molecule has 0 aliphatic carbocycles. The number of hydrogen-bond acceptors (Lipinski definition) is 2. The molecule has 2 aromatic carbocycles. The smallest absolute Gasteiger partial charge is 0.146 e. The van der Waals surface area contributed by atoms with Crippen molar-refractivity contribution in [3.8, 4) is 0 Å². The van der Waals surface area contributed by atoms with Crippen LogP contribution in [0.3, 0.4) is 0 Å². The molecule has 0 aliphatic heterocycles. The number of para-hydroxylation sites is 1. The van der Waals surface area contributed by atoms with Gasteiger partial charge in [-0.15, -0.1) is 0 Å². The number of anilines is 1. The van der Waals surface area contributed by atoms with Crippen LogP contribution in [0.4, 0.5) is 14.5 Å². The van der Waals surface area contributed by atoms with Crippen LogP contribution in [0, 0.1) is 11.6 Å². The van der Waals surface area contributed by atoms with Crippen molar-refractivity contribution in [2.24, 2.45) is 0 Å². The Bertz CT molecular complexity index is 628. The minimum Gasteiger partial charge on any atom is -0.389 e. The highest BCUT2D eigenvalue weighted by molar-refractivity contribution is 5.56. The molecule has 0 spiro atoms. The fourth-order valence-corrected chi connectivity index (χ4v) is 2.46. The topological polar surface area (TPSA) is 23.5 Å². The number of nitrogens with zero attached hydrogens (tertiary/aromatic N) is 1. The molecule has 0 aliphatic rings. The highest BCUT2D eigenvalue weighted by atomic mass is 19.1. The Kier molecular flexibility index (Phi) is 4.58. The van der Waals surface area contributed by atoms with Crippen LogP contribution >= 0.6 is 0 Å². The molecule has 0 saturated heterocycles. The van der Waals surface area contributed by atoms with E-state index in [-0.39, 0.29) is 11.9 Å². The summed E-state index contributed by atoms with van der Waals surface area (Å²) < 4.78 is 28.1. The Labute approximate surface area is 123 Å². The van der Waals surface area contributed by atoms with Gasteiger partial charge in [0.2, 0.25) is 0 Å². The first-order chi connectivity index (χ1) is 9.93. The lowest BCUT2D eigenvalue weighted by atomic mass is 10.0. The van der Waals surface area contributed by atoms with Gasteiger partial charge in [0.05, 0.1) is 17.8 Å². The fourth-order valence-electron chi connectivity index (χ4n) is 2.46. The molecule has 2 nitrogen and oxygen atoms in total. The van der Waals surface area contributed by atoms with Crippen molar-refractivity contribution in [1.29, 1.82) is 0 Å². The van der Waals surface area contributed by atoms with E-state index in [1.165, 1.54) is 12.1 Å². The van der Waals surface area contributed by atoms with E-state index in [1.807, 2.05) is 0 Å². The van der Waals surface area contributed by atoms with Crippen LogP contribution in [0.5, 0.6) is 0 Å². The molecule has 4 heteroatoms. The van der Waals surface area contributed by atoms with Gasteiger partial charge >= 0.3 is 0 Å². The van der Waals surface area contributed by atoms with Gasteiger partial charge in [-0.3, -0.25) is 0 Å². The van der Waals surface area contributed by atoms with Crippen molar-refractivity contribution < 1.29 is 13.9 Å². The van der Waals surface area contributed by atoms with Gasteiger partial charge in [-0.1, -0.05) is 30.3 Å². The molecular weight excluding hydrogens is 272 g/mol. The Morgan fingerprint density at radius 3 is 2.10 bits per heavy atom. The lowest BCUT2D eigenvalue weighted by Gasteiger charge is -2.30. The summed E-state index contributed by atoms with van der Waals surface area (Å²) in [6.07, 6.45) is -0.800. The number of aliphatic hydroxyl groups is 1. The molecular formula is C17H19F2NO. The molecule has 2 aromatic rings.